The second kappa shape index (κ2) is 7.31. The van der Waals surface area contributed by atoms with Crippen LogP contribution in [0, 0.1) is 20.8 Å². The van der Waals surface area contributed by atoms with Crippen LogP contribution in [-0.4, -0.2) is 30.2 Å². The van der Waals surface area contributed by atoms with Crippen molar-refractivity contribution < 1.29 is 17.7 Å². The number of nitrogens with zero attached hydrogens (tertiary/aromatic N) is 3. The fourth-order valence-electron chi connectivity index (χ4n) is 3.07. The van der Waals surface area contributed by atoms with Gasteiger partial charge in [-0.25, -0.2) is 8.42 Å². The van der Waals surface area contributed by atoms with Crippen molar-refractivity contribution in [1.82, 2.24) is 14.7 Å². The molecule has 3 aromatic rings. The lowest BCUT2D eigenvalue weighted by atomic mass is 10.2. The number of methoxy groups -OCH3 is 1. The molecule has 0 aliphatic rings. The van der Waals surface area contributed by atoms with Gasteiger partial charge in [-0.15, -0.1) is 0 Å². The maximum atomic E-state index is 13.3. The van der Waals surface area contributed by atoms with Crippen molar-refractivity contribution in [3.8, 4) is 17.2 Å². The zero-order chi connectivity index (χ0) is 20.6. The van der Waals surface area contributed by atoms with Gasteiger partial charge in [-0.2, -0.15) is 4.98 Å². The molecule has 0 amide bonds. The molecule has 0 unspecified atom stereocenters. The highest BCUT2D eigenvalue weighted by atomic mass is 32.2. The normalized spacial score (nSPS) is 11.6. The van der Waals surface area contributed by atoms with Gasteiger partial charge in [0.25, 0.3) is 15.9 Å². The highest BCUT2D eigenvalue weighted by molar-refractivity contribution is 7.93. The number of hydrogen-bond acceptors (Lipinski definition) is 6. The summed E-state index contributed by atoms with van der Waals surface area (Å²) >= 11 is 0. The summed E-state index contributed by atoms with van der Waals surface area (Å²) in [6.07, 6.45) is 0.597. The van der Waals surface area contributed by atoms with Crippen molar-refractivity contribution in [2.45, 2.75) is 39.0 Å². The molecule has 3 rings (SSSR count). The molecule has 2 heterocycles. The van der Waals surface area contributed by atoms with E-state index in [1.807, 2.05) is 27.8 Å². The van der Waals surface area contributed by atoms with E-state index in [2.05, 4.69) is 14.9 Å². The van der Waals surface area contributed by atoms with Gasteiger partial charge in [0.05, 0.1) is 18.4 Å². The highest BCUT2D eigenvalue weighted by Gasteiger charge is 2.31. The molecule has 2 aromatic heterocycles. The van der Waals surface area contributed by atoms with Crippen molar-refractivity contribution in [2.75, 3.05) is 11.8 Å². The predicted octanol–water partition coefficient (Wildman–Crippen LogP) is 3.37. The van der Waals surface area contributed by atoms with Gasteiger partial charge < -0.3 is 13.8 Å². The third-order valence-corrected chi connectivity index (χ3v) is 6.39. The van der Waals surface area contributed by atoms with Crippen molar-refractivity contribution >= 4 is 15.7 Å². The number of benzene rings is 1. The number of hydrogen-bond donors (Lipinski definition) is 1. The first kappa shape index (κ1) is 19.9. The summed E-state index contributed by atoms with van der Waals surface area (Å²) < 4.78 is 41.7. The molecule has 0 fully saturated rings. The van der Waals surface area contributed by atoms with E-state index >= 15 is 0 Å². The van der Waals surface area contributed by atoms with E-state index in [1.165, 1.54) is 0 Å². The maximum absolute atomic E-state index is 13.3. The molecule has 9 heteroatoms. The smallest absolute Gasteiger partial charge is 0.264 e. The zero-order valence-corrected chi connectivity index (χ0v) is 17.6. The number of aromatic nitrogens is 3. The van der Waals surface area contributed by atoms with Crippen LogP contribution in [-0.2, 0) is 23.5 Å². The third kappa shape index (κ3) is 3.37. The van der Waals surface area contributed by atoms with Gasteiger partial charge in [0.15, 0.2) is 5.82 Å². The lowest BCUT2D eigenvalue weighted by Gasteiger charge is -2.12. The van der Waals surface area contributed by atoms with Crippen LogP contribution in [0.2, 0.25) is 0 Å². The van der Waals surface area contributed by atoms with Crippen molar-refractivity contribution in [2.24, 2.45) is 7.05 Å². The van der Waals surface area contributed by atoms with E-state index in [0.717, 1.165) is 11.3 Å². The summed E-state index contributed by atoms with van der Waals surface area (Å²) in [4.78, 5) is 4.47. The molecule has 0 saturated heterocycles. The van der Waals surface area contributed by atoms with Gasteiger partial charge in [0.1, 0.15) is 10.6 Å². The van der Waals surface area contributed by atoms with Crippen LogP contribution >= 0.6 is 0 Å². The Balaban J connectivity index is 2.13. The first-order chi connectivity index (χ1) is 13.2. The van der Waals surface area contributed by atoms with Crippen LogP contribution in [0.25, 0.3) is 11.5 Å². The number of ether oxygens (including phenoxy) is 1. The van der Waals surface area contributed by atoms with E-state index in [0.29, 0.717) is 34.9 Å². The Labute approximate surface area is 164 Å². The Bertz CT molecular complexity index is 1130. The Morgan fingerprint density at radius 2 is 1.93 bits per heavy atom. The second-order valence-electron chi connectivity index (χ2n) is 6.59. The molecule has 0 aliphatic heterocycles. The topological polar surface area (TPSA) is 99.3 Å². The van der Waals surface area contributed by atoms with Gasteiger partial charge in [-0.05, 0) is 44.5 Å². The van der Waals surface area contributed by atoms with Gasteiger partial charge in [-0.1, -0.05) is 12.1 Å². The summed E-state index contributed by atoms with van der Waals surface area (Å²) in [5.41, 5.74) is 2.97. The van der Waals surface area contributed by atoms with Gasteiger partial charge in [0, 0.05) is 24.9 Å². The summed E-state index contributed by atoms with van der Waals surface area (Å²) in [7, 11) is -0.530. The number of aryl methyl sites for hydroxylation is 2. The van der Waals surface area contributed by atoms with Gasteiger partial charge in [-0.3, -0.25) is 4.72 Å². The number of nitrogens with one attached hydrogen (secondary N) is 1. The molecular weight excluding hydrogens is 380 g/mol. The molecule has 8 nitrogen and oxygen atoms in total. The Hall–Kier alpha value is -2.81. The maximum Gasteiger partial charge on any atom is 0.264 e. The molecule has 0 aliphatic carbocycles. The van der Waals surface area contributed by atoms with E-state index in [-0.39, 0.29) is 10.8 Å². The van der Waals surface area contributed by atoms with Crippen LogP contribution in [0.15, 0.2) is 27.6 Å². The first-order valence-corrected chi connectivity index (χ1v) is 10.3. The molecule has 1 N–H and O–H groups in total. The Morgan fingerprint density at radius 1 is 1.21 bits per heavy atom. The highest BCUT2D eigenvalue weighted by Crippen LogP contribution is 2.35. The van der Waals surface area contributed by atoms with Crippen LogP contribution in [0.3, 0.4) is 0 Å². The molecule has 0 saturated carbocycles. The predicted molar refractivity (Wildman–Crippen MR) is 106 cm³/mol. The van der Waals surface area contributed by atoms with Crippen molar-refractivity contribution in [1.29, 1.82) is 0 Å². The minimum atomic E-state index is -3.90. The molecule has 0 radical (unpaired) electrons. The molecule has 0 bridgehead atoms. The van der Waals surface area contributed by atoms with Crippen LogP contribution in [0.5, 0.6) is 5.75 Å². The van der Waals surface area contributed by atoms with Crippen LogP contribution in [0.4, 0.5) is 5.69 Å². The minimum Gasteiger partial charge on any atom is -0.497 e. The Kier molecular flexibility index (Phi) is 5.20. The fraction of sp³-hybridized carbons (Fsp3) is 0.368. The standard InChI is InChI=1S/C19H24N4O4S/c1-7-16-20-19(27-21-16)17-12(3)23(5)13(4)18(17)28(24,25)22-15-9-8-14(26-6)10-11(15)2/h8-10,22H,7H2,1-6H3. The second-order valence-corrected chi connectivity index (χ2v) is 8.21. The third-order valence-electron chi connectivity index (χ3n) is 4.87. The van der Waals surface area contributed by atoms with Crippen molar-refractivity contribution in [3.63, 3.8) is 0 Å². The monoisotopic (exact) mass is 404 g/mol. The molecule has 28 heavy (non-hydrogen) atoms. The average Bonchev–Trinajstić information content (AvgIpc) is 3.22. The van der Waals surface area contributed by atoms with E-state index in [1.54, 1.807) is 36.8 Å². The number of anilines is 1. The Morgan fingerprint density at radius 3 is 2.50 bits per heavy atom. The summed E-state index contributed by atoms with van der Waals surface area (Å²) in [5.74, 6) is 1.38. The molecule has 0 atom stereocenters. The van der Waals surface area contributed by atoms with E-state index in [4.69, 9.17) is 9.26 Å². The van der Waals surface area contributed by atoms with Crippen LogP contribution in [0.1, 0.15) is 29.7 Å². The summed E-state index contributed by atoms with van der Waals surface area (Å²) in [5, 5.41) is 3.91. The molecule has 1 aromatic carbocycles. The summed E-state index contributed by atoms with van der Waals surface area (Å²) in [6, 6.07) is 5.16. The van der Waals surface area contributed by atoms with Gasteiger partial charge >= 0.3 is 0 Å². The van der Waals surface area contributed by atoms with Crippen molar-refractivity contribution in [3.05, 3.63) is 41.0 Å². The van der Waals surface area contributed by atoms with E-state index in [9.17, 15) is 8.42 Å². The minimum absolute atomic E-state index is 0.133. The van der Waals surface area contributed by atoms with Gasteiger partial charge in [0.2, 0.25) is 0 Å². The van der Waals surface area contributed by atoms with Crippen LogP contribution < -0.4 is 9.46 Å². The first-order valence-electron chi connectivity index (χ1n) is 8.85. The SMILES string of the molecule is CCc1noc(-c2c(S(=O)(=O)Nc3ccc(OC)cc3C)c(C)n(C)c2C)n1. The number of rotatable bonds is 6. The van der Waals surface area contributed by atoms with E-state index < -0.39 is 10.0 Å². The summed E-state index contributed by atoms with van der Waals surface area (Å²) in [6.45, 7) is 7.30. The quantitative estimate of drug-likeness (QED) is 0.676. The number of sulfonamides is 1. The molecule has 0 spiro atoms. The largest absolute Gasteiger partial charge is 0.497 e. The average molecular weight is 404 g/mol. The lowest BCUT2D eigenvalue weighted by Crippen LogP contribution is -2.15. The lowest BCUT2D eigenvalue weighted by molar-refractivity contribution is 0.414. The zero-order valence-electron chi connectivity index (χ0n) is 16.8. The molecule has 150 valence electrons. The molecular formula is C19H24N4O4S. The fourth-order valence-corrected chi connectivity index (χ4v) is 4.72.